The van der Waals surface area contributed by atoms with E-state index in [0.717, 1.165) is 23.0 Å². The molecule has 7 heteroatoms. The maximum atomic E-state index is 12.7. The van der Waals surface area contributed by atoms with E-state index < -0.39 is 0 Å². The van der Waals surface area contributed by atoms with E-state index in [1.807, 2.05) is 32.0 Å². The highest BCUT2D eigenvalue weighted by atomic mass is 32.2. The maximum Gasteiger partial charge on any atom is 0.295 e. The third-order valence-electron chi connectivity index (χ3n) is 4.55. The molecule has 3 rings (SSSR count). The molecule has 0 atom stereocenters. The molecule has 1 aliphatic heterocycles. The molecule has 6 nitrogen and oxygen atoms in total. The number of carbonyl (C=O) groups excluding carboxylic acids is 2. The molecule has 0 aromatic heterocycles. The second kappa shape index (κ2) is 8.39. The van der Waals surface area contributed by atoms with E-state index in [-0.39, 0.29) is 17.8 Å². The predicted molar refractivity (Wildman–Crippen MR) is 112 cm³/mol. The number of hydrogen-bond acceptors (Lipinski definition) is 6. The molecule has 2 aromatic rings. The minimum absolute atomic E-state index is 0.115. The Bertz CT molecular complexity index is 955. The number of aryl methyl sites for hydroxylation is 2. The number of hydrogen-bond donors (Lipinski definition) is 1. The van der Waals surface area contributed by atoms with Crippen LogP contribution in [0.5, 0.6) is 11.5 Å². The molecule has 2 aromatic carbocycles. The Labute approximate surface area is 168 Å². The van der Waals surface area contributed by atoms with Crippen LogP contribution in [0.1, 0.15) is 16.7 Å². The van der Waals surface area contributed by atoms with Crippen LogP contribution in [0.15, 0.2) is 41.3 Å². The highest BCUT2D eigenvalue weighted by Crippen LogP contribution is 2.35. The second-order valence-electron chi connectivity index (χ2n) is 6.35. The summed E-state index contributed by atoms with van der Waals surface area (Å²) in [5.41, 5.74) is 3.90. The largest absolute Gasteiger partial charge is 0.497 e. The molecule has 1 aliphatic rings. The maximum absolute atomic E-state index is 12.7. The van der Waals surface area contributed by atoms with Crippen molar-refractivity contribution in [1.82, 2.24) is 4.90 Å². The third kappa shape index (κ3) is 4.14. The molecule has 0 unspecified atom stereocenters. The van der Waals surface area contributed by atoms with Crippen molar-refractivity contribution >= 4 is 34.7 Å². The van der Waals surface area contributed by atoms with Crippen LogP contribution in [0.25, 0.3) is 6.08 Å². The quantitative estimate of drug-likeness (QED) is 0.726. The molecule has 0 radical (unpaired) electrons. The van der Waals surface area contributed by atoms with E-state index in [2.05, 4.69) is 5.32 Å². The average molecular weight is 398 g/mol. The lowest BCUT2D eigenvalue weighted by molar-refractivity contribution is -0.122. The molecule has 1 fully saturated rings. The Morgan fingerprint density at radius 1 is 1.04 bits per heavy atom. The molecule has 1 heterocycles. The highest BCUT2D eigenvalue weighted by molar-refractivity contribution is 8.18. The fourth-order valence-corrected chi connectivity index (χ4v) is 3.57. The van der Waals surface area contributed by atoms with Crippen LogP contribution in [0.4, 0.5) is 10.5 Å². The lowest BCUT2D eigenvalue weighted by Gasteiger charge is -2.15. The summed E-state index contributed by atoms with van der Waals surface area (Å²) in [5.74, 6) is 0.892. The molecular weight excluding hydrogens is 376 g/mol. The zero-order chi connectivity index (χ0) is 20.3. The zero-order valence-corrected chi connectivity index (χ0v) is 17.1. The monoisotopic (exact) mass is 398 g/mol. The van der Waals surface area contributed by atoms with Crippen molar-refractivity contribution in [2.75, 3.05) is 26.2 Å². The van der Waals surface area contributed by atoms with Crippen LogP contribution in [0, 0.1) is 13.8 Å². The van der Waals surface area contributed by atoms with Gasteiger partial charge < -0.3 is 14.8 Å². The van der Waals surface area contributed by atoms with Gasteiger partial charge in [-0.2, -0.15) is 0 Å². The minimum atomic E-state index is -0.329. The Morgan fingerprint density at radius 2 is 1.82 bits per heavy atom. The number of benzene rings is 2. The van der Waals surface area contributed by atoms with Gasteiger partial charge in [0.25, 0.3) is 11.1 Å². The molecule has 0 saturated carbocycles. The molecule has 1 saturated heterocycles. The first-order valence-corrected chi connectivity index (χ1v) is 9.53. The van der Waals surface area contributed by atoms with Gasteiger partial charge in [0.2, 0.25) is 0 Å². The van der Waals surface area contributed by atoms with Crippen molar-refractivity contribution in [2.45, 2.75) is 13.8 Å². The first-order valence-electron chi connectivity index (χ1n) is 8.71. The van der Waals surface area contributed by atoms with Gasteiger partial charge in [0.1, 0.15) is 11.5 Å². The van der Waals surface area contributed by atoms with E-state index in [9.17, 15) is 9.59 Å². The van der Waals surface area contributed by atoms with Crippen LogP contribution in [0.3, 0.4) is 0 Å². The first-order chi connectivity index (χ1) is 13.4. The van der Waals surface area contributed by atoms with Gasteiger partial charge in [-0.15, -0.1) is 0 Å². The standard InChI is InChI=1S/C21H22N2O4S/c1-13-5-7-16(9-14(13)2)22-12-23-20(24)19(28-21(23)25)10-15-6-8-17(26-3)11-18(15)27-4/h5-11,22H,12H2,1-4H3. The summed E-state index contributed by atoms with van der Waals surface area (Å²) in [7, 11) is 3.12. The van der Waals surface area contributed by atoms with Gasteiger partial charge in [-0.05, 0) is 67.1 Å². The number of nitrogens with one attached hydrogen (secondary N) is 1. The van der Waals surface area contributed by atoms with Gasteiger partial charge in [-0.1, -0.05) is 6.07 Å². The number of anilines is 1. The van der Waals surface area contributed by atoms with E-state index in [0.29, 0.717) is 22.0 Å². The number of nitrogens with zero attached hydrogens (tertiary/aromatic N) is 1. The highest BCUT2D eigenvalue weighted by Gasteiger charge is 2.35. The number of ether oxygens (including phenoxy) is 2. The van der Waals surface area contributed by atoms with Crippen molar-refractivity contribution < 1.29 is 19.1 Å². The summed E-state index contributed by atoms with van der Waals surface area (Å²) in [4.78, 5) is 26.6. The number of imide groups is 1. The molecule has 146 valence electrons. The van der Waals surface area contributed by atoms with Crippen molar-refractivity contribution in [3.8, 4) is 11.5 Å². The summed E-state index contributed by atoms with van der Waals surface area (Å²) in [5, 5.41) is 2.83. The summed E-state index contributed by atoms with van der Waals surface area (Å²) in [6.07, 6.45) is 1.67. The van der Waals surface area contributed by atoms with Gasteiger partial charge in [-0.25, -0.2) is 0 Å². The van der Waals surface area contributed by atoms with Gasteiger partial charge in [0.05, 0.1) is 25.8 Å². The van der Waals surface area contributed by atoms with Crippen LogP contribution < -0.4 is 14.8 Å². The van der Waals surface area contributed by atoms with Gasteiger partial charge in [-0.3, -0.25) is 14.5 Å². The van der Waals surface area contributed by atoms with Gasteiger partial charge in [0, 0.05) is 17.3 Å². The van der Waals surface area contributed by atoms with Gasteiger partial charge in [0.15, 0.2) is 0 Å². The van der Waals surface area contributed by atoms with Crippen molar-refractivity contribution in [3.63, 3.8) is 0 Å². The van der Waals surface area contributed by atoms with Crippen molar-refractivity contribution in [1.29, 1.82) is 0 Å². The topological polar surface area (TPSA) is 67.9 Å². The number of amides is 2. The Hall–Kier alpha value is -2.93. The third-order valence-corrected chi connectivity index (χ3v) is 5.46. The second-order valence-corrected chi connectivity index (χ2v) is 7.34. The first kappa shape index (κ1) is 19.8. The molecule has 0 spiro atoms. The van der Waals surface area contributed by atoms with Crippen molar-refractivity contribution in [3.05, 3.63) is 58.0 Å². The van der Waals surface area contributed by atoms with E-state index in [4.69, 9.17) is 9.47 Å². The fourth-order valence-electron chi connectivity index (χ4n) is 2.74. The lowest BCUT2D eigenvalue weighted by Crippen LogP contribution is -2.33. The minimum Gasteiger partial charge on any atom is -0.497 e. The SMILES string of the molecule is COc1ccc(C=C2SC(=O)N(CNc3ccc(C)c(C)c3)C2=O)c(OC)c1. The number of rotatable bonds is 6. The lowest BCUT2D eigenvalue weighted by atomic mass is 10.1. The summed E-state index contributed by atoms with van der Waals surface area (Å²) < 4.78 is 10.5. The van der Waals surface area contributed by atoms with Crippen LogP contribution in [-0.4, -0.2) is 36.9 Å². The normalized spacial score (nSPS) is 15.3. The predicted octanol–water partition coefficient (Wildman–Crippen LogP) is 4.43. The van der Waals surface area contributed by atoms with Crippen molar-refractivity contribution in [2.24, 2.45) is 0 Å². The Kier molecular flexibility index (Phi) is 5.94. The van der Waals surface area contributed by atoms with Crippen LogP contribution >= 0.6 is 11.8 Å². The summed E-state index contributed by atoms with van der Waals surface area (Å²) in [6, 6.07) is 11.2. The molecule has 28 heavy (non-hydrogen) atoms. The van der Waals surface area contributed by atoms with E-state index in [1.165, 1.54) is 10.5 Å². The number of methoxy groups -OCH3 is 2. The Morgan fingerprint density at radius 3 is 2.50 bits per heavy atom. The molecule has 2 amide bonds. The molecule has 1 N–H and O–H groups in total. The van der Waals surface area contributed by atoms with Gasteiger partial charge >= 0.3 is 0 Å². The fraction of sp³-hybridized carbons (Fsp3) is 0.238. The van der Waals surface area contributed by atoms with E-state index >= 15 is 0 Å². The molecule has 0 bridgehead atoms. The average Bonchev–Trinajstić information content (AvgIpc) is 2.96. The molecule has 0 aliphatic carbocycles. The molecular formula is C21H22N2O4S. The van der Waals surface area contributed by atoms with Crippen LogP contribution in [-0.2, 0) is 4.79 Å². The summed E-state index contributed by atoms with van der Waals surface area (Å²) >= 11 is 0.918. The zero-order valence-electron chi connectivity index (χ0n) is 16.2. The number of carbonyl (C=O) groups is 2. The Balaban J connectivity index is 1.76. The van der Waals surface area contributed by atoms with E-state index in [1.54, 1.807) is 38.5 Å². The smallest absolute Gasteiger partial charge is 0.295 e. The van der Waals surface area contributed by atoms with Crippen LogP contribution in [0.2, 0.25) is 0 Å². The summed E-state index contributed by atoms with van der Waals surface area (Å²) in [6.45, 7) is 4.17. The number of thioether (sulfide) groups is 1.